The third-order valence-electron chi connectivity index (χ3n) is 3.54. The van der Waals surface area contributed by atoms with Gasteiger partial charge in [0.15, 0.2) is 0 Å². The number of pyridine rings is 1. The fourth-order valence-corrected chi connectivity index (χ4v) is 2.35. The average molecular weight is 284 g/mol. The minimum absolute atomic E-state index is 0.153. The summed E-state index contributed by atoms with van der Waals surface area (Å²) in [6, 6.07) is 4.09. The van der Waals surface area contributed by atoms with Crippen molar-refractivity contribution in [3.8, 4) is 11.8 Å². The van der Waals surface area contributed by atoms with Crippen molar-refractivity contribution in [2.45, 2.75) is 25.3 Å². The molecule has 0 aliphatic carbocycles. The van der Waals surface area contributed by atoms with Gasteiger partial charge >= 0.3 is 0 Å². The number of hydrogen-bond donors (Lipinski definition) is 1. The molecule has 108 valence electrons. The van der Waals surface area contributed by atoms with Crippen molar-refractivity contribution in [2.75, 3.05) is 13.2 Å². The number of rotatable bonds is 2. The number of carbonyl (C=O) groups excluding carboxylic acids is 1. The first-order valence-corrected chi connectivity index (χ1v) is 6.88. The molecule has 0 aromatic carbocycles. The molecule has 2 N–H and O–H groups in total. The maximum atomic E-state index is 10.7. The molecule has 1 amide bonds. The minimum Gasteiger partial charge on any atom is -0.379 e. The highest BCUT2D eigenvalue weighted by Gasteiger charge is 2.19. The zero-order valence-electron chi connectivity index (χ0n) is 11.7. The van der Waals surface area contributed by atoms with Crippen LogP contribution in [0.25, 0.3) is 11.0 Å². The zero-order chi connectivity index (χ0) is 14.8. The van der Waals surface area contributed by atoms with E-state index in [1.54, 1.807) is 0 Å². The summed E-state index contributed by atoms with van der Waals surface area (Å²) >= 11 is 0. The summed E-state index contributed by atoms with van der Waals surface area (Å²) in [4.78, 5) is 15.3. The van der Waals surface area contributed by atoms with Crippen LogP contribution < -0.4 is 5.73 Å². The van der Waals surface area contributed by atoms with E-state index < -0.39 is 5.91 Å². The Morgan fingerprint density at radius 1 is 1.52 bits per heavy atom. The van der Waals surface area contributed by atoms with Crippen LogP contribution in [0.15, 0.2) is 18.3 Å². The highest BCUT2D eigenvalue weighted by Crippen LogP contribution is 2.22. The van der Waals surface area contributed by atoms with Gasteiger partial charge in [0.1, 0.15) is 11.0 Å². The van der Waals surface area contributed by atoms with Crippen LogP contribution in [0.5, 0.6) is 0 Å². The number of carbonyl (C=O) groups is 1. The lowest BCUT2D eigenvalue weighted by Crippen LogP contribution is -2.08. The van der Waals surface area contributed by atoms with Gasteiger partial charge in [-0.05, 0) is 31.4 Å². The Morgan fingerprint density at radius 3 is 3.10 bits per heavy atom. The van der Waals surface area contributed by atoms with E-state index >= 15 is 0 Å². The normalized spacial score (nSPS) is 19.2. The highest BCUT2D eigenvalue weighted by atomic mass is 16.5. The van der Waals surface area contributed by atoms with Gasteiger partial charge in [-0.3, -0.25) is 9.48 Å². The first-order valence-electron chi connectivity index (χ1n) is 6.88. The topological polar surface area (TPSA) is 83.0 Å². The molecule has 1 fully saturated rings. The molecule has 6 nitrogen and oxygen atoms in total. The predicted molar refractivity (Wildman–Crippen MR) is 77.4 cm³/mol. The molecule has 21 heavy (non-hydrogen) atoms. The second-order valence-electron chi connectivity index (χ2n) is 5.12. The molecular formula is C15H16N4O2. The quantitative estimate of drug-likeness (QED) is 0.833. The molecule has 1 aliphatic heterocycles. The summed E-state index contributed by atoms with van der Waals surface area (Å²) in [5.74, 6) is 4.36. The van der Waals surface area contributed by atoms with Crippen molar-refractivity contribution in [1.29, 1.82) is 0 Å². The third-order valence-corrected chi connectivity index (χ3v) is 3.54. The Hall–Kier alpha value is -2.39. The standard InChI is InChI=1S/C15H16N4O2/c1-10(2-5-15(16)20)12-3-4-13-14(17-12)8-19(18-13)11-6-7-21-9-11/h3-4,8,10-11H,6-7,9H2,1H3,(H2,16,20)/t10?,11-/m1/s1. The van der Waals surface area contributed by atoms with Crippen molar-refractivity contribution in [2.24, 2.45) is 5.73 Å². The highest BCUT2D eigenvalue weighted by molar-refractivity contribution is 5.92. The van der Waals surface area contributed by atoms with Crippen LogP contribution >= 0.6 is 0 Å². The van der Waals surface area contributed by atoms with Gasteiger partial charge < -0.3 is 10.5 Å². The van der Waals surface area contributed by atoms with Crippen LogP contribution in [-0.2, 0) is 9.53 Å². The van der Waals surface area contributed by atoms with Crippen molar-refractivity contribution in [1.82, 2.24) is 14.8 Å². The van der Waals surface area contributed by atoms with E-state index in [1.165, 1.54) is 0 Å². The Balaban J connectivity index is 1.89. The Labute approximate surface area is 122 Å². The van der Waals surface area contributed by atoms with Gasteiger partial charge in [-0.1, -0.05) is 5.92 Å². The molecular weight excluding hydrogens is 268 g/mol. The lowest BCUT2D eigenvalue weighted by atomic mass is 10.1. The summed E-state index contributed by atoms with van der Waals surface area (Å²) in [7, 11) is 0. The molecule has 1 aliphatic rings. The van der Waals surface area contributed by atoms with Gasteiger partial charge in [0, 0.05) is 6.61 Å². The second kappa shape index (κ2) is 5.54. The summed E-state index contributed by atoms with van der Waals surface area (Å²) in [6.45, 7) is 3.36. The summed E-state index contributed by atoms with van der Waals surface area (Å²) in [5, 5.41) is 4.53. The first-order chi connectivity index (χ1) is 10.1. The lowest BCUT2D eigenvalue weighted by molar-refractivity contribution is -0.112. The number of hydrogen-bond acceptors (Lipinski definition) is 4. The number of amides is 1. The molecule has 0 spiro atoms. The molecule has 3 heterocycles. The van der Waals surface area contributed by atoms with E-state index in [0.717, 1.165) is 29.8 Å². The van der Waals surface area contributed by atoms with Crippen LogP contribution in [0.3, 0.4) is 0 Å². The predicted octanol–water partition coefficient (Wildman–Crippen LogP) is 0.985. The molecule has 1 saturated heterocycles. The monoisotopic (exact) mass is 284 g/mol. The lowest BCUT2D eigenvalue weighted by Gasteiger charge is -2.06. The van der Waals surface area contributed by atoms with E-state index in [0.29, 0.717) is 6.61 Å². The molecule has 0 saturated carbocycles. The first kappa shape index (κ1) is 13.6. The summed E-state index contributed by atoms with van der Waals surface area (Å²) in [6.07, 6.45) is 2.91. The van der Waals surface area contributed by atoms with Gasteiger partial charge in [-0.15, -0.1) is 0 Å². The Kier molecular flexibility index (Phi) is 3.59. The van der Waals surface area contributed by atoms with Crippen LogP contribution in [0, 0.1) is 11.8 Å². The molecule has 0 radical (unpaired) electrons. The molecule has 1 unspecified atom stereocenters. The van der Waals surface area contributed by atoms with Gasteiger partial charge in [0.2, 0.25) is 0 Å². The number of fused-ring (bicyclic) bond motifs is 1. The van der Waals surface area contributed by atoms with Gasteiger partial charge in [0.05, 0.1) is 30.5 Å². The van der Waals surface area contributed by atoms with E-state index in [9.17, 15) is 4.79 Å². The van der Waals surface area contributed by atoms with Crippen molar-refractivity contribution in [3.63, 3.8) is 0 Å². The molecule has 0 bridgehead atoms. The Morgan fingerprint density at radius 2 is 2.38 bits per heavy atom. The van der Waals surface area contributed by atoms with Gasteiger partial charge in [-0.25, -0.2) is 4.98 Å². The fourth-order valence-electron chi connectivity index (χ4n) is 2.35. The SMILES string of the molecule is CC(C#CC(N)=O)c1ccc2nn([C@@H]3CCOC3)cc2n1. The third kappa shape index (κ3) is 2.88. The van der Waals surface area contributed by atoms with E-state index in [-0.39, 0.29) is 12.0 Å². The fraction of sp³-hybridized carbons (Fsp3) is 0.400. The smallest absolute Gasteiger partial charge is 0.293 e. The van der Waals surface area contributed by atoms with Crippen LogP contribution in [-0.4, -0.2) is 33.9 Å². The van der Waals surface area contributed by atoms with E-state index in [1.807, 2.05) is 29.9 Å². The average Bonchev–Trinajstić information content (AvgIpc) is 3.11. The van der Waals surface area contributed by atoms with Crippen LogP contribution in [0.2, 0.25) is 0 Å². The summed E-state index contributed by atoms with van der Waals surface area (Å²) < 4.78 is 7.31. The van der Waals surface area contributed by atoms with Crippen molar-refractivity contribution >= 4 is 16.9 Å². The van der Waals surface area contributed by atoms with E-state index in [4.69, 9.17) is 10.5 Å². The molecule has 6 heteroatoms. The largest absolute Gasteiger partial charge is 0.379 e. The van der Waals surface area contributed by atoms with Crippen molar-refractivity contribution < 1.29 is 9.53 Å². The summed E-state index contributed by atoms with van der Waals surface area (Å²) in [5.41, 5.74) is 7.50. The number of nitrogens with zero attached hydrogens (tertiary/aromatic N) is 3. The maximum absolute atomic E-state index is 10.7. The number of aromatic nitrogens is 3. The Bertz CT molecular complexity index is 735. The molecule has 3 rings (SSSR count). The molecule has 2 aromatic heterocycles. The molecule has 2 atom stereocenters. The van der Waals surface area contributed by atoms with Gasteiger partial charge in [0.25, 0.3) is 5.91 Å². The van der Waals surface area contributed by atoms with Crippen molar-refractivity contribution in [3.05, 3.63) is 24.0 Å². The molecule has 2 aromatic rings. The second-order valence-corrected chi connectivity index (χ2v) is 5.12. The maximum Gasteiger partial charge on any atom is 0.293 e. The van der Waals surface area contributed by atoms with Crippen LogP contribution in [0.1, 0.15) is 31.0 Å². The minimum atomic E-state index is -0.628. The zero-order valence-corrected chi connectivity index (χ0v) is 11.7. The number of ether oxygens (including phenoxy) is 1. The number of nitrogens with two attached hydrogens (primary N) is 1. The van der Waals surface area contributed by atoms with Crippen LogP contribution in [0.4, 0.5) is 0 Å². The van der Waals surface area contributed by atoms with Gasteiger partial charge in [-0.2, -0.15) is 5.10 Å². The van der Waals surface area contributed by atoms with E-state index in [2.05, 4.69) is 21.9 Å². The number of primary amides is 1.